The molecule has 1 aromatic heterocycles. The first-order valence-electron chi connectivity index (χ1n) is 7.51. The lowest BCUT2D eigenvalue weighted by molar-refractivity contribution is -0.145. The van der Waals surface area contributed by atoms with E-state index < -0.39 is 17.6 Å². The minimum atomic E-state index is -0.771. The number of aromatic amines is 1. The maximum Gasteiger partial charge on any atom is 0.328 e. The maximum atomic E-state index is 12.3. The van der Waals surface area contributed by atoms with Crippen LogP contribution < -0.4 is 10.6 Å². The second kappa shape index (κ2) is 6.83. The molecule has 0 spiro atoms. The zero-order valence-corrected chi connectivity index (χ0v) is 13.9. The van der Waals surface area contributed by atoms with Crippen molar-refractivity contribution < 1.29 is 14.3 Å². The highest BCUT2D eigenvalue weighted by Crippen LogP contribution is 2.19. The molecule has 0 bridgehead atoms. The second-order valence-corrected chi connectivity index (χ2v) is 5.99. The van der Waals surface area contributed by atoms with Crippen LogP contribution in [0.25, 0.3) is 10.9 Å². The fourth-order valence-corrected chi connectivity index (χ4v) is 2.31. The van der Waals surface area contributed by atoms with E-state index in [1.54, 1.807) is 20.9 Å². The molecule has 124 valence electrons. The predicted molar refractivity (Wildman–Crippen MR) is 89.1 cm³/mol. The Morgan fingerprint density at radius 3 is 2.65 bits per heavy atom. The van der Waals surface area contributed by atoms with Crippen LogP contribution in [0.2, 0.25) is 0 Å². The number of nitrogens with one attached hydrogen (secondary N) is 3. The van der Waals surface area contributed by atoms with Crippen LogP contribution in [-0.2, 0) is 20.7 Å². The molecule has 23 heavy (non-hydrogen) atoms. The summed E-state index contributed by atoms with van der Waals surface area (Å²) < 4.78 is 4.84. The minimum Gasteiger partial charge on any atom is -0.467 e. The van der Waals surface area contributed by atoms with Gasteiger partial charge in [-0.2, -0.15) is 0 Å². The number of likely N-dealkylation sites (N-methyl/N-ethyl adjacent to an activating group) is 1. The van der Waals surface area contributed by atoms with Crippen molar-refractivity contribution in [3.05, 3.63) is 36.0 Å². The summed E-state index contributed by atoms with van der Waals surface area (Å²) in [5.41, 5.74) is 1.18. The lowest BCUT2D eigenvalue weighted by atomic mass is 10.0. The second-order valence-electron chi connectivity index (χ2n) is 5.99. The van der Waals surface area contributed by atoms with Crippen molar-refractivity contribution in [2.45, 2.75) is 31.8 Å². The highest BCUT2D eigenvalue weighted by Gasteiger charge is 2.30. The maximum absolute atomic E-state index is 12.3. The molecule has 1 aromatic carbocycles. The molecule has 0 aliphatic heterocycles. The Morgan fingerprint density at radius 2 is 2.00 bits per heavy atom. The van der Waals surface area contributed by atoms with Gasteiger partial charge in [0, 0.05) is 23.5 Å². The zero-order chi connectivity index (χ0) is 17.0. The van der Waals surface area contributed by atoms with Gasteiger partial charge in [-0.1, -0.05) is 18.2 Å². The molecule has 0 saturated heterocycles. The molecule has 2 rings (SSSR count). The number of hydrogen-bond donors (Lipinski definition) is 3. The van der Waals surface area contributed by atoms with Crippen LogP contribution in [0.4, 0.5) is 0 Å². The molecule has 0 aliphatic rings. The van der Waals surface area contributed by atoms with Gasteiger partial charge < -0.3 is 20.4 Å². The van der Waals surface area contributed by atoms with Gasteiger partial charge in [0.05, 0.1) is 12.6 Å². The lowest BCUT2D eigenvalue weighted by Crippen LogP contribution is -2.56. The fraction of sp³-hybridized carbons (Fsp3) is 0.412. The van der Waals surface area contributed by atoms with Crippen molar-refractivity contribution in [2.24, 2.45) is 0 Å². The number of methoxy groups -OCH3 is 1. The van der Waals surface area contributed by atoms with Gasteiger partial charge in [-0.3, -0.25) is 4.79 Å². The highest BCUT2D eigenvalue weighted by atomic mass is 16.5. The van der Waals surface area contributed by atoms with Gasteiger partial charge in [0.2, 0.25) is 5.91 Å². The Kier molecular flexibility index (Phi) is 5.05. The van der Waals surface area contributed by atoms with Crippen molar-refractivity contribution in [3.8, 4) is 0 Å². The van der Waals surface area contributed by atoms with Crippen LogP contribution in [0.3, 0.4) is 0 Å². The number of fused-ring (bicyclic) bond motifs is 1. The van der Waals surface area contributed by atoms with E-state index in [1.165, 1.54) is 7.11 Å². The molecule has 0 fully saturated rings. The number of carbonyl (C=O) groups excluding carboxylic acids is 2. The van der Waals surface area contributed by atoms with Gasteiger partial charge >= 0.3 is 5.97 Å². The average molecular weight is 317 g/mol. The van der Waals surface area contributed by atoms with Crippen molar-refractivity contribution in [3.63, 3.8) is 0 Å². The van der Waals surface area contributed by atoms with E-state index in [9.17, 15) is 9.59 Å². The first-order valence-corrected chi connectivity index (χ1v) is 7.51. The summed E-state index contributed by atoms with van der Waals surface area (Å²) in [6.07, 6.45) is 2.22. The fourth-order valence-electron chi connectivity index (χ4n) is 2.31. The number of carbonyl (C=O) groups is 2. The normalized spacial score (nSPS) is 12.9. The van der Waals surface area contributed by atoms with Gasteiger partial charge in [-0.15, -0.1) is 0 Å². The van der Waals surface area contributed by atoms with Crippen LogP contribution in [0.15, 0.2) is 30.5 Å². The van der Waals surface area contributed by atoms with Crippen LogP contribution in [0, 0.1) is 0 Å². The molecule has 6 nitrogen and oxygen atoms in total. The third-order valence-electron chi connectivity index (χ3n) is 4.08. The molecular weight excluding hydrogens is 294 g/mol. The summed E-state index contributed by atoms with van der Waals surface area (Å²) >= 11 is 0. The molecule has 1 atom stereocenters. The standard InChI is InChI=1S/C17H23N3O3/c1-17(2,18-3)16(22)20-14(15(21)23-4)9-11-10-19-13-8-6-5-7-12(11)13/h5-8,10,14,18-19H,9H2,1-4H3,(H,20,22)/t14-/m1/s1. The Hall–Kier alpha value is -2.34. The average Bonchev–Trinajstić information content (AvgIpc) is 2.96. The van der Waals surface area contributed by atoms with E-state index in [0.717, 1.165) is 16.5 Å². The summed E-state index contributed by atoms with van der Waals surface area (Å²) in [7, 11) is 3.02. The topological polar surface area (TPSA) is 83.2 Å². The number of esters is 1. The van der Waals surface area contributed by atoms with Gasteiger partial charge in [0.15, 0.2) is 0 Å². The van der Waals surface area contributed by atoms with Crippen LogP contribution in [0.1, 0.15) is 19.4 Å². The quantitative estimate of drug-likeness (QED) is 0.703. The van der Waals surface area contributed by atoms with E-state index >= 15 is 0 Å². The first kappa shape index (κ1) is 17.0. The summed E-state index contributed by atoms with van der Waals surface area (Å²) in [5.74, 6) is -0.717. The zero-order valence-electron chi connectivity index (χ0n) is 13.9. The Balaban J connectivity index is 2.23. The molecular formula is C17H23N3O3. The first-order chi connectivity index (χ1) is 10.9. The lowest BCUT2D eigenvalue weighted by Gasteiger charge is -2.26. The molecule has 0 unspecified atom stereocenters. The Labute approximate surface area is 135 Å². The number of ether oxygens (including phenoxy) is 1. The summed E-state index contributed by atoms with van der Waals surface area (Å²) in [6, 6.07) is 7.09. The van der Waals surface area contributed by atoms with Crippen LogP contribution in [0.5, 0.6) is 0 Å². The van der Waals surface area contributed by atoms with Crippen molar-refractivity contribution in [1.29, 1.82) is 0 Å². The van der Waals surface area contributed by atoms with Gasteiger partial charge in [0.1, 0.15) is 6.04 Å². The Bertz CT molecular complexity index is 706. The number of hydrogen-bond acceptors (Lipinski definition) is 4. The molecule has 6 heteroatoms. The SMILES string of the molecule is CNC(C)(C)C(=O)N[C@H](Cc1c[nH]c2ccccc12)C(=O)OC. The van der Waals surface area contributed by atoms with Crippen molar-refractivity contribution >= 4 is 22.8 Å². The van der Waals surface area contributed by atoms with E-state index in [0.29, 0.717) is 6.42 Å². The van der Waals surface area contributed by atoms with E-state index in [-0.39, 0.29) is 5.91 Å². The monoisotopic (exact) mass is 317 g/mol. The molecule has 0 aliphatic carbocycles. The molecule has 0 radical (unpaired) electrons. The van der Waals surface area contributed by atoms with E-state index in [4.69, 9.17) is 4.74 Å². The van der Waals surface area contributed by atoms with Crippen molar-refractivity contribution in [1.82, 2.24) is 15.6 Å². The molecule has 1 amide bonds. The van der Waals surface area contributed by atoms with Gasteiger partial charge in [-0.25, -0.2) is 4.79 Å². The number of rotatable bonds is 6. The van der Waals surface area contributed by atoms with Crippen molar-refractivity contribution in [2.75, 3.05) is 14.2 Å². The number of amides is 1. The molecule has 2 aromatic rings. The smallest absolute Gasteiger partial charge is 0.328 e. The van der Waals surface area contributed by atoms with Crippen LogP contribution in [-0.4, -0.2) is 42.6 Å². The summed E-state index contributed by atoms with van der Waals surface area (Å²) in [4.78, 5) is 27.6. The number of aromatic nitrogens is 1. The number of benzene rings is 1. The Morgan fingerprint density at radius 1 is 1.30 bits per heavy atom. The highest BCUT2D eigenvalue weighted by molar-refractivity contribution is 5.91. The minimum absolute atomic E-state index is 0.254. The number of H-pyrrole nitrogens is 1. The van der Waals surface area contributed by atoms with Gasteiger partial charge in [-0.05, 0) is 32.5 Å². The number of para-hydroxylation sites is 1. The predicted octanol–water partition coefficient (Wildman–Crippen LogP) is 1.37. The summed E-state index contributed by atoms with van der Waals surface area (Å²) in [5, 5.41) is 6.72. The molecule has 0 saturated carbocycles. The summed E-state index contributed by atoms with van der Waals surface area (Å²) in [6.45, 7) is 3.50. The molecule has 1 heterocycles. The van der Waals surface area contributed by atoms with Crippen LogP contribution >= 0.6 is 0 Å². The molecule has 3 N–H and O–H groups in total. The third-order valence-corrected chi connectivity index (χ3v) is 4.08. The third kappa shape index (κ3) is 3.71. The van der Waals surface area contributed by atoms with E-state index in [1.807, 2.05) is 30.5 Å². The largest absolute Gasteiger partial charge is 0.467 e. The van der Waals surface area contributed by atoms with E-state index in [2.05, 4.69) is 15.6 Å². The van der Waals surface area contributed by atoms with Gasteiger partial charge in [0.25, 0.3) is 0 Å².